The van der Waals surface area contributed by atoms with Crippen molar-refractivity contribution in [3.63, 3.8) is 0 Å². The molecular formula is C23H31N3O3. The van der Waals surface area contributed by atoms with Crippen LogP contribution in [0.1, 0.15) is 36.8 Å². The number of fused-ring (bicyclic) bond motifs is 1. The molecule has 2 atom stereocenters. The molecule has 3 fully saturated rings. The molecule has 5 rings (SSSR count). The fourth-order valence-electron chi connectivity index (χ4n) is 5.33. The predicted octanol–water partition coefficient (Wildman–Crippen LogP) is 1.85. The Morgan fingerprint density at radius 1 is 1.07 bits per heavy atom. The van der Waals surface area contributed by atoms with Gasteiger partial charge in [0.05, 0.1) is 12.0 Å². The quantitative estimate of drug-likeness (QED) is 0.778. The first-order chi connectivity index (χ1) is 14.2. The van der Waals surface area contributed by atoms with Gasteiger partial charge in [0.25, 0.3) is 0 Å². The zero-order chi connectivity index (χ0) is 19.8. The molecule has 1 aromatic rings. The summed E-state index contributed by atoms with van der Waals surface area (Å²) < 4.78 is 5.74. The van der Waals surface area contributed by atoms with Crippen LogP contribution in [0, 0.1) is 5.92 Å². The van der Waals surface area contributed by atoms with Crippen molar-refractivity contribution in [2.75, 3.05) is 50.8 Å². The Balaban J connectivity index is 1.17. The lowest BCUT2D eigenvalue weighted by atomic mass is 10.1. The van der Waals surface area contributed by atoms with Gasteiger partial charge in [0.2, 0.25) is 11.8 Å². The first kappa shape index (κ1) is 19.1. The minimum absolute atomic E-state index is 0.0818. The highest BCUT2D eigenvalue weighted by molar-refractivity contribution is 6.00. The maximum atomic E-state index is 13.1. The molecular weight excluding hydrogens is 366 g/mol. The number of amides is 2. The zero-order valence-electron chi connectivity index (χ0n) is 17.1. The maximum Gasteiger partial charge on any atom is 0.228 e. The van der Waals surface area contributed by atoms with Crippen molar-refractivity contribution in [2.45, 2.75) is 44.6 Å². The standard InChI is InChI=1S/C23H31N3O3/c27-22-14-19(15-26(22)20-7-6-17-3-1-4-18(17)13-20)23(28)25-10-8-24(9-11-25)16-21-5-2-12-29-21/h6-7,13,19,21H,1-5,8-12,14-16H2. The van der Waals surface area contributed by atoms with Gasteiger partial charge in [-0.1, -0.05) is 6.07 Å². The molecule has 6 heteroatoms. The van der Waals surface area contributed by atoms with Crippen molar-refractivity contribution >= 4 is 17.5 Å². The van der Waals surface area contributed by atoms with Gasteiger partial charge in [-0.2, -0.15) is 0 Å². The zero-order valence-corrected chi connectivity index (χ0v) is 17.1. The summed E-state index contributed by atoms with van der Waals surface area (Å²) >= 11 is 0. The highest BCUT2D eigenvalue weighted by atomic mass is 16.5. The summed E-state index contributed by atoms with van der Waals surface area (Å²) in [5.41, 5.74) is 3.74. The van der Waals surface area contributed by atoms with Gasteiger partial charge < -0.3 is 14.5 Å². The molecule has 0 aromatic heterocycles. The van der Waals surface area contributed by atoms with Crippen molar-refractivity contribution in [3.8, 4) is 0 Å². The van der Waals surface area contributed by atoms with Crippen LogP contribution in [0.3, 0.4) is 0 Å². The van der Waals surface area contributed by atoms with Crippen molar-refractivity contribution in [2.24, 2.45) is 5.92 Å². The summed E-state index contributed by atoms with van der Waals surface area (Å²) in [6, 6.07) is 6.38. The third-order valence-electron chi connectivity index (χ3n) is 7.04. The van der Waals surface area contributed by atoms with Crippen LogP contribution in [-0.2, 0) is 27.2 Å². The van der Waals surface area contributed by atoms with E-state index in [1.807, 2.05) is 9.80 Å². The van der Waals surface area contributed by atoms with E-state index in [9.17, 15) is 9.59 Å². The average molecular weight is 398 g/mol. The summed E-state index contributed by atoms with van der Waals surface area (Å²) in [6.07, 6.45) is 6.47. The molecule has 0 spiro atoms. The van der Waals surface area contributed by atoms with Gasteiger partial charge in [0.15, 0.2) is 0 Å². The van der Waals surface area contributed by atoms with Crippen LogP contribution in [0.5, 0.6) is 0 Å². The van der Waals surface area contributed by atoms with Crippen molar-refractivity contribution in [3.05, 3.63) is 29.3 Å². The number of carbonyl (C=O) groups excluding carboxylic acids is 2. The normalized spacial score (nSPS) is 27.7. The van der Waals surface area contributed by atoms with Gasteiger partial charge in [-0.25, -0.2) is 0 Å². The van der Waals surface area contributed by atoms with E-state index in [-0.39, 0.29) is 17.7 Å². The second-order valence-electron chi connectivity index (χ2n) is 8.97. The SMILES string of the molecule is O=C(C1CC(=O)N(c2ccc3c(c2)CCC3)C1)N1CCN(CC2CCCO2)CC1. The van der Waals surface area contributed by atoms with Crippen LogP contribution in [0.4, 0.5) is 5.69 Å². The molecule has 6 nitrogen and oxygen atoms in total. The molecule has 3 saturated heterocycles. The van der Waals surface area contributed by atoms with E-state index in [1.165, 1.54) is 24.0 Å². The first-order valence-corrected chi connectivity index (χ1v) is 11.2. The van der Waals surface area contributed by atoms with E-state index in [1.54, 1.807) is 0 Å². The lowest BCUT2D eigenvalue weighted by molar-refractivity contribution is -0.137. The monoisotopic (exact) mass is 397 g/mol. The molecule has 3 aliphatic heterocycles. The predicted molar refractivity (Wildman–Crippen MR) is 111 cm³/mol. The Morgan fingerprint density at radius 3 is 2.69 bits per heavy atom. The smallest absolute Gasteiger partial charge is 0.228 e. The Morgan fingerprint density at radius 2 is 1.90 bits per heavy atom. The van der Waals surface area contributed by atoms with E-state index in [4.69, 9.17) is 4.74 Å². The maximum absolute atomic E-state index is 13.1. The van der Waals surface area contributed by atoms with Crippen LogP contribution < -0.4 is 4.90 Å². The largest absolute Gasteiger partial charge is 0.377 e. The minimum atomic E-state index is -0.208. The van der Waals surface area contributed by atoms with E-state index in [2.05, 4.69) is 23.1 Å². The number of piperazine rings is 1. The van der Waals surface area contributed by atoms with E-state index < -0.39 is 0 Å². The van der Waals surface area contributed by atoms with Crippen molar-refractivity contribution in [1.29, 1.82) is 0 Å². The molecule has 0 bridgehead atoms. The molecule has 0 saturated carbocycles. The lowest BCUT2D eigenvalue weighted by Crippen LogP contribution is -2.52. The van der Waals surface area contributed by atoms with E-state index >= 15 is 0 Å². The third kappa shape index (κ3) is 3.92. The highest BCUT2D eigenvalue weighted by Gasteiger charge is 2.38. The Kier molecular flexibility index (Phi) is 5.31. The van der Waals surface area contributed by atoms with Crippen molar-refractivity contribution < 1.29 is 14.3 Å². The Labute approximate surface area is 172 Å². The third-order valence-corrected chi connectivity index (χ3v) is 7.04. The second-order valence-corrected chi connectivity index (χ2v) is 8.97. The minimum Gasteiger partial charge on any atom is -0.377 e. The fraction of sp³-hybridized carbons (Fsp3) is 0.652. The van der Waals surface area contributed by atoms with Gasteiger partial charge in [-0.3, -0.25) is 14.5 Å². The molecule has 0 radical (unpaired) electrons. The molecule has 1 aromatic carbocycles. The molecule has 1 aliphatic carbocycles. The summed E-state index contributed by atoms with van der Waals surface area (Å²) in [6.45, 7) is 5.72. The summed E-state index contributed by atoms with van der Waals surface area (Å²) in [5, 5.41) is 0. The highest BCUT2D eigenvalue weighted by Crippen LogP contribution is 2.31. The first-order valence-electron chi connectivity index (χ1n) is 11.2. The molecule has 0 N–H and O–H groups in total. The number of anilines is 1. The molecule has 29 heavy (non-hydrogen) atoms. The number of hydrogen-bond donors (Lipinski definition) is 0. The van der Waals surface area contributed by atoms with Crippen LogP contribution in [-0.4, -0.2) is 73.6 Å². The number of ether oxygens (including phenoxy) is 1. The molecule has 4 aliphatic rings. The van der Waals surface area contributed by atoms with Crippen molar-refractivity contribution in [1.82, 2.24) is 9.80 Å². The van der Waals surface area contributed by atoms with Gasteiger partial charge in [-0.05, 0) is 55.4 Å². The summed E-state index contributed by atoms with van der Waals surface area (Å²) in [4.78, 5) is 31.9. The summed E-state index contributed by atoms with van der Waals surface area (Å²) in [7, 11) is 0. The molecule has 2 unspecified atom stereocenters. The topological polar surface area (TPSA) is 53.1 Å². The number of carbonyl (C=O) groups is 2. The molecule has 3 heterocycles. The molecule has 156 valence electrons. The van der Waals surface area contributed by atoms with Gasteiger partial charge in [0, 0.05) is 58.0 Å². The second kappa shape index (κ2) is 8.07. The van der Waals surface area contributed by atoms with Crippen LogP contribution in [0.25, 0.3) is 0 Å². The number of rotatable bonds is 4. The van der Waals surface area contributed by atoms with E-state index in [0.717, 1.165) is 64.3 Å². The number of nitrogens with zero attached hydrogens (tertiary/aromatic N) is 3. The number of benzene rings is 1. The van der Waals surface area contributed by atoms with E-state index in [0.29, 0.717) is 19.1 Å². The fourth-order valence-corrected chi connectivity index (χ4v) is 5.33. The summed E-state index contributed by atoms with van der Waals surface area (Å²) in [5.74, 6) is 0.0255. The van der Waals surface area contributed by atoms with Crippen LogP contribution in [0.2, 0.25) is 0 Å². The average Bonchev–Trinajstić information content (AvgIpc) is 3.48. The van der Waals surface area contributed by atoms with Crippen LogP contribution >= 0.6 is 0 Å². The number of aryl methyl sites for hydroxylation is 2. The van der Waals surface area contributed by atoms with Gasteiger partial charge >= 0.3 is 0 Å². The Bertz CT molecular complexity index is 782. The number of hydrogen-bond acceptors (Lipinski definition) is 4. The van der Waals surface area contributed by atoms with Crippen LogP contribution in [0.15, 0.2) is 18.2 Å². The van der Waals surface area contributed by atoms with Gasteiger partial charge in [0.1, 0.15) is 0 Å². The van der Waals surface area contributed by atoms with Gasteiger partial charge in [-0.15, -0.1) is 0 Å². The lowest BCUT2D eigenvalue weighted by Gasteiger charge is -2.36. The molecule has 2 amide bonds. The Hall–Kier alpha value is -1.92.